The second-order valence-corrected chi connectivity index (χ2v) is 6.93. The molecule has 2 aliphatic heterocycles. The molecule has 0 saturated carbocycles. The summed E-state index contributed by atoms with van der Waals surface area (Å²) < 4.78 is 0. The van der Waals surface area contributed by atoms with E-state index in [2.05, 4.69) is 10.2 Å². The van der Waals surface area contributed by atoms with Gasteiger partial charge in [-0.3, -0.25) is 4.90 Å². The topological polar surface area (TPSA) is 55.8 Å². The van der Waals surface area contributed by atoms with Gasteiger partial charge in [0.1, 0.15) is 0 Å². The van der Waals surface area contributed by atoms with E-state index in [1.54, 1.807) is 0 Å². The number of amides is 2. The van der Waals surface area contributed by atoms with Gasteiger partial charge >= 0.3 is 6.03 Å². The summed E-state index contributed by atoms with van der Waals surface area (Å²) >= 11 is 0. The van der Waals surface area contributed by atoms with Crippen LogP contribution in [-0.2, 0) is 6.54 Å². The number of urea groups is 1. The Bertz CT molecular complexity index is 523. The molecule has 0 bridgehead atoms. The summed E-state index contributed by atoms with van der Waals surface area (Å²) in [6, 6.07) is 10.8. The Balaban J connectivity index is 1.60. The second kappa shape index (κ2) is 8.49. The van der Waals surface area contributed by atoms with Crippen molar-refractivity contribution in [2.75, 3.05) is 26.2 Å². The van der Waals surface area contributed by atoms with Gasteiger partial charge in [-0.15, -0.1) is 0 Å². The summed E-state index contributed by atoms with van der Waals surface area (Å²) in [6.07, 6.45) is 5.41. The molecular weight excluding hydrogens is 302 g/mol. The van der Waals surface area contributed by atoms with E-state index in [4.69, 9.17) is 5.11 Å². The number of fused-ring (bicyclic) bond motifs is 1. The molecule has 0 unspecified atom stereocenters. The van der Waals surface area contributed by atoms with E-state index in [1.807, 2.05) is 35.2 Å². The number of nitrogens with zero attached hydrogens (tertiary/aromatic N) is 2. The summed E-state index contributed by atoms with van der Waals surface area (Å²) in [5.41, 5.74) is 1.12. The standard InChI is InChI=1S/C19H29N3O2/c23-14-6-12-22(15-16-7-2-1-3-8-16)19(24)20-17-10-13-21-11-5-4-9-18(17)21/h1-3,7-8,17-18,23H,4-6,9-15H2,(H,20,24)/t17-,18+/m1/s1. The number of aliphatic hydroxyl groups is 1. The molecule has 2 aliphatic rings. The normalized spacial score (nSPS) is 23.7. The number of nitrogens with one attached hydrogen (secondary N) is 1. The predicted molar refractivity (Wildman–Crippen MR) is 94.7 cm³/mol. The first-order valence-electron chi connectivity index (χ1n) is 9.22. The van der Waals surface area contributed by atoms with E-state index < -0.39 is 0 Å². The highest BCUT2D eigenvalue weighted by Gasteiger charge is 2.36. The lowest BCUT2D eigenvalue weighted by Crippen LogP contribution is -2.50. The fourth-order valence-electron chi connectivity index (χ4n) is 3.98. The smallest absolute Gasteiger partial charge is 0.317 e. The van der Waals surface area contributed by atoms with Gasteiger partial charge < -0.3 is 15.3 Å². The van der Waals surface area contributed by atoms with Gasteiger partial charge in [0.05, 0.1) is 0 Å². The average Bonchev–Trinajstić information content (AvgIpc) is 3.02. The van der Waals surface area contributed by atoms with Crippen LogP contribution in [0.15, 0.2) is 30.3 Å². The Hall–Kier alpha value is -1.59. The van der Waals surface area contributed by atoms with Crippen molar-refractivity contribution in [1.29, 1.82) is 0 Å². The molecule has 1 aromatic carbocycles. The Morgan fingerprint density at radius 3 is 2.83 bits per heavy atom. The van der Waals surface area contributed by atoms with Crippen molar-refractivity contribution in [2.45, 2.75) is 50.7 Å². The summed E-state index contributed by atoms with van der Waals surface area (Å²) in [7, 11) is 0. The fraction of sp³-hybridized carbons (Fsp3) is 0.632. The highest BCUT2D eigenvalue weighted by Crippen LogP contribution is 2.27. The molecule has 1 aromatic rings. The van der Waals surface area contributed by atoms with Crippen molar-refractivity contribution >= 4 is 6.03 Å². The highest BCUT2D eigenvalue weighted by molar-refractivity contribution is 5.74. The van der Waals surface area contributed by atoms with Crippen LogP contribution in [0.5, 0.6) is 0 Å². The molecule has 2 N–H and O–H groups in total. The van der Waals surface area contributed by atoms with Gasteiger partial charge in [0.2, 0.25) is 0 Å². The predicted octanol–water partition coefficient (Wildman–Crippen LogP) is 2.21. The van der Waals surface area contributed by atoms with Crippen LogP contribution in [0.1, 0.15) is 37.7 Å². The van der Waals surface area contributed by atoms with Crippen LogP contribution in [0.4, 0.5) is 4.79 Å². The van der Waals surface area contributed by atoms with E-state index in [-0.39, 0.29) is 18.7 Å². The first-order chi connectivity index (χ1) is 11.8. The van der Waals surface area contributed by atoms with E-state index in [9.17, 15) is 4.79 Å². The summed E-state index contributed by atoms with van der Waals surface area (Å²) in [6.45, 7) is 3.56. The SMILES string of the molecule is O=C(N[C@@H]1CCN2CCCC[C@@H]12)N(CCCO)Cc1ccccc1. The lowest BCUT2D eigenvalue weighted by atomic mass is 9.99. The van der Waals surface area contributed by atoms with Gasteiger partial charge in [0.15, 0.2) is 0 Å². The average molecular weight is 331 g/mol. The van der Waals surface area contributed by atoms with Gasteiger partial charge in [-0.1, -0.05) is 36.8 Å². The van der Waals surface area contributed by atoms with Gasteiger partial charge in [0, 0.05) is 38.3 Å². The van der Waals surface area contributed by atoms with Crippen molar-refractivity contribution in [1.82, 2.24) is 15.1 Å². The van der Waals surface area contributed by atoms with Crippen molar-refractivity contribution in [3.8, 4) is 0 Å². The first kappa shape index (κ1) is 17.2. The largest absolute Gasteiger partial charge is 0.396 e. The van der Waals surface area contributed by atoms with E-state index in [0.29, 0.717) is 25.6 Å². The fourth-order valence-corrected chi connectivity index (χ4v) is 3.98. The van der Waals surface area contributed by atoms with E-state index >= 15 is 0 Å². The number of carbonyl (C=O) groups is 1. The zero-order valence-electron chi connectivity index (χ0n) is 14.4. The summed E-state index contributed by atoms with van der Waals surface area (Å²) in [4.78, 5) is 17.2. The molecule has 0 aromatic heterocycles. The van der Waals surface area contributed by atoms with Crippen molar-refractivity contribution in [3.63, 3.8) is 0 Å². The molecule has 3 rings (SSSR count). The molecule has 5 nitrogen and oxygen atoms in total. The van der Waals surface area contributed by atoms with Crippen molar-refractivity contribution in [2.24, 2.45) is 0 Å². The Morgan fingerprint density at radius 2 is 2.04 bits per heavy atom. The maximum Gasteiger partial charge on any atom is 0.317 e. The molecule has 2 amide bonds. The van der Waals surface area contributed by atoms with Crippen LogP contribution < -0.4 is 5.32 Å². The quantitative estimate of drug-likeness (QED) is 0.840. The molecule has 132 valence electrons. The first-order valence-corrected chi connectivity index (χ1v) is 9.22. The Labute approximate surface area is 144 Å². The number of carbonyl (C=O) groups excluding carboxylic acids is 1. The summed E-state index contributed by atoms with van der Waals surface area (Å²) in [5.74, 6) is 0. The zero-order valence-corrected chi connectivity index (χ0v) is 14.4. The molecule has 0 aliphatic carbocycles. The van der Waals surface area contributed by atoms with E-state index in [1.165, 1.54) is 25.8 Å². The summed E-state index contributed by atoms with van der Waals surface area (Å²) in [5, 5.41) is 12.4. The Morgan fingerprint density at radius 1 is 1.21 bits per heavy atom. The number of benzene rings is 1. The number of hydrogen-bond acceptors (Lipinski definition) is 3. The van der Waals surface area contributed by atoms with Gasteiger partial charge in [-0.05, 0) is 37.8 Å². The van der Waals surface area contributed by atoms with E-state index in [0.717, 1.165) is 18.5 Å². The third kappa shape index (κ3) is 4.28. The molecule has 2 saturated heterocycles. The van der Waals surface area contributed by atoms with Crippen LogP contribution in [-0.4, -0.2) is 59.3 Å². The molecule has 2 heterocycles. The Kier molecular flexibility index (Phi) is 6.10. The van der Waals surface area contributed by atoms with Crippen molar-refractivity contribution in [3.05, 3.63) is 35.9 Å². The molecule has 0 radical (unpaired) electrons. The lowest BCUT2D eigenvalue weighted by Gasteiger charge is -2.33. The molecule has 24 heavy (non-hydrogen) atoms. The highest BCUT2D eigenvalue weighted by atomic mass is 16.3. The molecular formula is C19H29N3O2. The maximum atomic E-state index is 12.8. The minimum atomic E-state index is 0.00438. The lowest BCUT2D eigenvalue weighted by molar-refractivity contribution is 0.163. The maximum absolute atomic E-state index is 12.8. The molecule has 2 atom stereocenters. The van der Waals surface area contributed by atoms with Crippen LogP contribution in [0, 0.1) is 0 Å². The monoisotopic (exact) mass is 331 g/mol. The number of piperidine rings is 1. The third-order valence-corrected chi connectivity index (χ3v) is 5.25. The van der Waals surface area contributed by atoms with Crippen LogP contribution in [0.3, 0.4) is 0 Å². The van der Waals surface area contributed by atoms with Gasteiger partial charge in [0.25, 0.3) is 0 Å². The zero-order chi connectivity index (χ0) is 16.8. The van der Waals surface area contributed by atoms with Crippen molar-refractivity contribution < 1.29 is 9.90 Å². The van der Waals surface area contributed by atoms with Gasteiger partial charge in [-0.2, -0.15) is 0 Å². The minimum Gasteiger partial charge on any atom is -0.396 e. The number of aliphatic hydroxyl groups excluding tert-OH is 1. The molecule has 0 spiro atoms. The number of hydrogen-bond donors (Lipinski definition) is 2. The molecule has 5 heteroatoms. The third-order valence-electron chi connectivity index (χ3n) is 5.25. The van der Waals surface area contributed by atoms with Crippen LogP contribution in [0.25, 0.3) is 0 Å². The van der Waals surface area contributed by atoms with Gasteiger partial charge in [-0.25, -0.2) is 4.79 Å². The molecule has 2 fully saturated rings. The minimum absolute atomic E-state index is 0.00438. The second-order valence-electron chi connectivity index (χ2n) is 6.93. The number of rotatable bonds is 6. The van der Waals surface area contributed by atoms with Crippen LogP contribution in [0.2, 0.25) is 0 Å². The van der Waals surface area contributed by atoms with Crippen LogP contribution >= 0.6 is 0 Å².